The van der Waals surface area contributed by atoms with E-state index >= 15 is 0 Å². The number of aromatic nitrogens is 3. The molecule has 0 saturated heterocycles. The second-order valence-electron chi connectivity index (χ2n) is 7.71. The summed E-state index contributed by atoms with van der Waals surface area (Å²) in [6.07, 6.45) is 1.11. The zero-order valence-electron chi connectivity index (χ0n) is 17.2. The van der Waals surface area contributed by atoms with Crippen LogP contribution < -0.4 is 14.8 Å². The largest absolute Gasteiger partial charge is 0.497 e. The molecule has 0 amide bonds. The van der Waals surface area contributed by atoms with Crippen LogP contribution in [0, 0.1) is 5.82 Å². The number of nitrogens with zero attached hydrogens (tertiary/aromatic N) is 3. The molecule has 2 aliphatic rings. The second-order valence-corrected chi connectivity index (χ2v) is 7.71. The molecule has 2 aliphatic heterocycles. The summed E-state index contributed by atoms with van der Waals surface area (Å²) in [6, 6.07) is 21.9. The molecule has 0 spiro atoms. The molecule has 2 atom stereocenters. The molecule has 0 aliphatic carbocycles. The van der Waals surface area contributed by atoms with E-state index in [0.29, 0.717) is 5.95 Å². The number of para-hydroxylation sites is 1. The van der Waals surface area contributed by atoms with Gasteiger partial charge in [0, 0.05) is 16.7 Å². The maximum absolute atomic E-state index is 13.7. The number of hydrogen-bond donors (Lipinski definition) is 1. The Morgan fingerprint density at radius 3 is 2.69 bits per heavy atom. The fraction of sp³-hybridized carbons (Fsp3) is 0.120. The van der Waals surface area contributed by atoms with E-state index in [1.807, 2.05) is 53.2 Å². The first-order valence-corrected chi connectivity index (χ1v) is 10.3. The van der Waals surface area contributed by atoms with Crippen molar-refractivity contribution in [1.29, 1.82) is 0 Å². The SMILES string of the molecule is COc1cccc([C@H]2Oc3ccccc3C3=C2[C@H](c2ccc(F)cc2)n2ncnc2N3)c1. The van der Waals surface area contributed by atoms with Gasteiger partial charge in [-0.1, -0.05) is 36.4 Å². The molecule has 158 valence electrons. The summed E-state index contributed by atoms with van der Waals surface area (Å²) in [7, 11) is 1.64. The van der Waals surface area contributed by atoms with Crippen LogP contribution in [0.25, 0.3) is 5.70 Å². The van der Waals surface area contributed by atoms with Crippen molar-refractivity contribution in [2.45, 2.75) is 12.1 Å². The molecule has 32 heavy (non-hydrogen) atoms. The Hall–Kier alpha value is -4.13. The van der Waals surface area contributed by atoms with Crippen LogP contribution in [0.5, 0.6) is 11.5 Å². The van der Waals surface area contributed by atoms with Gasteiger partial charge >= 0.3 is 0 Å². The van der Waals surface area contributed by atoms with Gasteiger partial charge in [0.1, 0.15) is 35.8 Å². The third-order valence-electron chi connectivity index (χ3n) is 5.90. The van der Waals surface area contributed by atoms with Crippen LogP contribution in [-0.4, -0.2) is 21.9 Å². The number of rotatable bonds is 3. The number of benzene rings is 3. The van der Waals surface area contributed by atoms with Crippen LogP contribution in [0.2, 0.25) is 0 Å². The second kappa shape index (κ2) is 7.23. The molecular formula is C25H19FN4O2. The molecule has 0 fully saturated rings. The van der Waals surface area contributed by atoms with Gasteiger partial charge in [0.15, 0.2) is 0 Å². The maximum atomic E-state index is 13.7. The molecule has 3 heterocycles. The van der Waals surface area contributed by atoms with Crippen molar-refractivity contribution in [2.75, 3.05) is 12.4 Å². The van der Waals surface area contributed by atoms with Crippen molar-refractivity contribution in [1.82, 2.24) is 14.8 Å². The first-order valence-electron chi connectivity index (χ1n) is 10.3. The fourth-order valence-electron chi connectivity index (χ4n) is 4.46. The van der Waals surface area contributed by atoms with E-state index in [-0.39, 0.29) is 11.9 Å². The normalized spacial score (nSPS) is 18.7. The van der Waals surface area contributed by atoms with Crippen molar-refractivity contribution >= 4 is 11.6 Å². The lowest BCUT2D eigenvalue weighted by molar-refractivity contribution is 0.222. The van der Waals surface area contributed by atoms with E-state index in [0.717, 1.165) is 39.5 Å². The topological polar surface area (TPSA) is 61.2 Å². The summed E-state index contributed by atoms with van der Waals surface area (Å²) in [4.78, 5) is 4.41. The Kier molecular flexibility index (Phi) is 4.21. The minimum absolute atomic E-state index is 0.287. The number of anilines is 1. The first-order chi connectivity index (χ1) is 15.7. The van der Waals surface area contributed by atoms with E-state index in [9.17, 15) is 4.39 Å². The van der Waals surface area contributed by atoms with Gasteiger partial charge in [0.05, 0.1) is 12.8 Å². The van der Waals surface area contributed by atoms with E-state index in [2.05, 4.69) is 15.4 Å². The third-order valence-corrected chi connectivity index (χ3v) is 5.90. The summed E-state index contributed by atoms with van der Waals surface area (Å²) < 4.78 is 27.6. The average Bonchev–Trinajstić information content (AvgIpc) is 3.31. The van der Waals surface area contributed by atoms with Gasteiger partial charge in [0.25, 0.3) is 0 Å². The highest BCUT2D eigenvalue weighted by molar-refractivity contribution is 5.85. The Labute approximate surface area is 183 Å². The lowest BCUT2D eigenvalue weighted by atomic mass is 9.84. The summed E-state index contributed by atoms with van der Waals surface area (Å²) in [6.45, 7) is 0. The van der Waals surface area contributed by atoms with Crippen LogP contribution in [0.15, 0.2) is 84.7 Å². The number of ether oxygens (including phenoxy) is 2. The number of fused-ring (bicyclic) bond motifs is 3. The summed E-state index contributed by atoms with van der Waals surface area (Å²) in [5, 5.41) is 7.94. The Morgan fingerprint density at radius 2 is 1.84 bits per heavy atom. The van der Waals surface area contributed by atoms with Crippen LogP contribution in [0.4, 0.5) is 10.3 Å². The summed E-state index contributed by atoms with van der Waals surface area (Å²) >= 11 is 0. The van der Waals surface area contributed by atoms with E-state index in [1.165, 1.54) is 18.5 Å². The van der Waals surface area contributed by atoms with Crippen LogP contribution in [-0.2, 0) is 0 Å². The number of hydrogen-bond acceptors (Lipinski definition) is 5. The van der Waals surface area contributed by atoms with Gasteiger partial charge in [-0.15, -0.1) is 0 Å². The van der Waals surface area contributed by atoms with Gasteiger partial charge in [-0.25, -0.2) is 9.07 Å². The molecule has 1 aromatic heterocycles. The lowest BCUT2D eigenvalue weighted by Gasteiger charge is -2.39. The molecular weight excluding hydrogens is 407 g/mol. The molecule has 0 bridgehead atoms. The number of halogens is 1. The average molecular weight is 426 g/mol. The maximum Gasteiger partial charge on any atom is 0.226 e. The van der Waals surface area contributed by atoms with Gasteiger partial charge < -0.3 is 14.8 Å². The highest BCUT2D eigenvalue weighted by atomic mass is 19.1. The molecule has 0 unspecified atom stereocenters. The number of nitrogens with one attached hydrogen (secondary N) is 1. The molecule has 6 nitrogen and oxygen atoms in total. The molecule has 0 saturated carbocycles. The van der Waals surface area contributed by atoms with E-state index < -0.39 is 6.10 Å². The number of methoxy groups -OCH3 is 1. The molecule has 4 aromatic rings. The standard InChI is InChI=1S/C25H19FN4O2/c1-31-18-6-4-5-16(13-18)24-21-22(19-7-2-3-8-20(19)32-24)29-25-27-14-28-30(25)23(21)15-9-11-17(26)12-10-15/h2-14,23-24H,1H3,(H,27,28,29)/t23-,24+/m0/s1. The van der Waals surface area contributed by atoms with Crippen molar-refractivity contribution in [3.8, 4) is 11.5 Å². The third kappa shape index (κ3) is 2.85. The van der Waals surface area contributed by atoms with E-state index in [4.69, 9.17) is 9.47 Å². The smallest absolute Gasteiger partial charge is 0.226 e. The van der Waals surface area contributed by atoms with Gasteiger partial charge in [-0.2, -0.15) is 10.1 Å². The predicted molar refractivity (Wildman–Crippen MR) is 118 cm³/mol. The minimum atomic E-state index is -0.407. The highest BCUT2D eigenvalue weighted by Gasteiger charge is 2.40. The zero-order valence-corrected chi connectivity index (χ0v) is 17.2. The van der Waals surface area contributed by atoms with Crippen molar-refractivity contribution in [3.05, 3.63) is 107 Å². The Morgan fingerprint density at radius 1 is 1.00 bits per heavy atom. The molecule has 6 rings (SSSR count). The molecule has 7 heteroatoms. The Bertz CT molecular complexity index is 1350. The molecule has 1 N–H and O–H groups in total. The highest BCUT2D eigenvalue weighted by Crippen LogP contribution is 2.50. The Balaban J connectivity index is 1.62. The van der Waals surface area contributed by atoms with Gasteiger partial charge in [0.2, 0.25) is 5.95 Å². The molecule has 3 aromatic carbocycles. The zero-order chi connectivity index (χ0) is 21.7. The monoisotopic (exact) mass is 426 g/mol. The van der Waals surface area contributed by atoms with E-state index in [1.54, 1.807) is 19.2 Å². The van der Waals surface area contributed by atoms with Crippen molar-refractivity contribution in [3.63, 3.8) is 0 Å². The van der Waals surface area contributed by atoms with Crippen LogP contribution in [0.1, 0.15) is 28.8 Å². The van der Waals surface area contributed by atoms with Crippen molar-refractivity contribution in [2.24, 2.45) is 0 Å². The molecule has 0 radical (unpaired) electrons. The fourth-order valence-corrected chi connectivity index (χ4v) is 4.46. The van der Waals surface area contributed by atoms with Crippen LogP contribution in [0.3, 0.4) is 0 Å². The summed E-state index contributed by atoms with van der Waals surface area (Å²) in [5.74, 6) is 1.86. The van der Waals surface area contributed by atoms with Crippen molar-refractivity contribution < 1.29 is 13.9 Å². The minimum Gasteiger partial charge on any atom is -0.497 e. The van der Waals surface area contributed by atoms with Crippen LogP contribution >= 0.6 is 0 Å². The quantitative estimate of drug-likeness (QED) is 0.500. The van der Waals surface area contributed by atoms with Gasteiger partial charge in [-0.3, -0.25) is 0 Å². The summed E-state index contributed by atoms with van der Waals surface area (Å²) in [5.41, 5.74) is 4.69. The lowest BCUT2D eigenvalue weighted by Crippen LogP contribution is -2.32. The first kappa shape index (κ1) is 18.6. The predicted octanol–water partition coefficient (Wildman–Crippen LogP) is 4.99. The van der Waals surface area contributed by atoms with Gasteiger partial charge in [-0.05, 0) is 42.0 Å².